The Morgan fingerprint density at radius 2 is 1.65 bits per heavy atom. The topological polar surface area (TPSA) is 70.1 Å². The number of hydrogen-bond donors (Lipinski definition) is 1. The van der Waals surface area contributed by atoms with Crippen molar-refractivity contribution in [2.24, 2.45) is 11.8 Å². The van der Waals surface area contributed by atoms with Crippen LogP contribution in [0.15, 0.2) is 36.4 Å². The van der Waals surface area contributed by atoms with Crippen LogP contribution >= 0.6 is 0 Å². The first-order valence-corrected chi connectivity index (χ1v) is 9.16. The fourth-order valence-electron chi connectivity index (χ4n) is 4.19. The number of carboxylic acids is 1. The lowest BCUT2D eigenvalue weighted by molar-refractivity contribution is -0.150. The molecular weight excluding hydrogens is 332 g/mol. The molecule has 3 aliphatic heterocycles. The van der Waals surface area contributed by atoms with Gasteiger partial charge in [0.05, 0.1) is 18.1 Å². The van der Waals surface area contributed by atoms with Gasteiger partial charge in [0, 0.05) is 32.7 Å². The number of piperazine rings is 1. The van der Waals surface area contributed by atoms with E-state index in [1.807, 2.05) is 11.0 Å². The Kier molecular flexibility index (Phi) is 4.54. The van der Waals surface area contributed by atoms with E-state index in [0.717, 1.165) is 19.6 Å². The number of hydrogen-bond acceptors (Lipinski definition) is 4. The number of fused-ring (bicyclic) bond motifs is 2. The van der Waals surface area contributed by atoms with Crippen LogP contribution < -0.4 is 0 Å². The third-order valence-corrected chi connectivity index (χ3v) is 5.68. The van der Waals surface area contributed by atoms with Gasteiger partial charge in [-0.3, -0.25) is 14.5 Å². The first kappa shape index (κ1) is 17.2. The number of aryl methyl sites for hydroxylation is 1. The molecule has 2 saturated heterocycles. The Bertz CT molecular complexity index is 722. The maximum Gasteiger partial charge on any atom is 0.310 e. The largest absolute Gasteiger partial charge is 0.481 e. The number of carboxylic acid groups (broad SMARTS) is 1. The molecule has 4 atom stereocenters. The fraction of sp³-hybridized carbons (Fsp3) is 0.500. The number of rotatable bonds is 4. The molecule has 3 aliphatic rings. The number of nitrogens with zero attached hydrogens (tertiary/aromatic N) is 2. The first-order chi connectivity index (χ1) is 12.5. The number of carbonyl (C=O) groups excluding carboxylic acids is 1. The van der Waals surface area contributed by atoms with E-state index in [1.54, 1.807) is 6.08 Å². The van der Waals surface area contributed by atoms with Crippen LogP contribution in [0, 0.1) is 18.8 Å². The van der Waals surface area contributed by atoms with Gasteiger partial charge in [0.1, 0.15) is 5.92 Å². The lowest BCUT2D eigenvalue weighted by Crippen LogP contribution is -2.52. The highest BCUT2D eigenvalue weighted by Crippen LogP contribution is 2.40. The quantitative estimate of drug-likeness (QED) is 0.824. The van der Waals surface area contributed by atoms with Crippen LogP contribution in [0.5, 0.6) is 0 Å². The molecule has 6 heteroatoms. The van der Waals surface area contributed by atoms with Crippen LogP contribution in [-0.4, -0.2) is 65.2 Å². The molecule has 0 unspecified atom stereocenters. The van der Waals surface area contributed by atoms with E-state index in [2.05, 4.69) is 36.1 Å². The summed E-state index contributed by atoms with van der Waals surface area (Å²) in [5.74, 6) is -2.38. The van der Waals surface area contributed by atoms with Crippen LogP contribution in [0.3, 0.4) is 0 Å². The molecule has 2 bridgehead atoms. The van der Waals surface area contributed by atoms with E-state index in [9.17, 15) is 14.7 Å². The molecule has 2 fully saturated rings. The van der Waals surface area contributed by atoms with Gasteiger partial charge in [-0.25, -0.2) is 0 Å². The highest BCUT2D eigenvalue weighted by Gasteiger charge is 2.54. The van der Waals surface area contributed by atoms with Crippen molar-refractivity contribution in [2.45, 2.75) is 25.7 Å². The second-order valence-corrected chi connectivity index (χ2v) is 7.43. The molecule has 138 valence electrons. The van der Waals surface area contributed by atoms with E-state index >= 15 is 0 Å². The molecule has 3 heterocycles. The summed E-state index contributed by atoms with van der Waals surface area (Å²) in [6.07, 6.45) is 2.75. The molecule has 1 amide bonds. The predicted molar refractivity (Wildman–Crippen MR) is 95.5 cm³/mol. The molecule has 0 radical (unpaired) electrons. The third kappa shape index (κ3) is 3.15. The molecule has 1 aromatic rings. The average Bonchev–Trinajstić information content (AvgIpc) is 3.25. The van der Waals surface area contributed by atoms with Gasteiger partial charge in [-0.1, -0.05) is 42.0 Å². The number of ether oxygens (including phenoxy) is 1. The van der Waals surface area contributed by atoms with Gasteiger partial charge in [0.25, 0.3) is 0 Å². The van der Waals surface area contributed by atoms with Crippen molar-refractivity contribution in [3.63, 3.8) is 0 Å². The Hall–Kier alpha value is -2.18. The zero-order valence-electron chi connectivity index (χ0n) is 14.9. The van der Waals surface area contributed by atoms with Crippen LogP contribution in [0.25, 0.3) is 0 Å². The molecule has 0 aliphatic carbocycles. The zero-order valence-corrected chi connectivity index (χ0v) is 14.9. The van der Waals surface area contributed by atoms with Crippen LogP contribution in [0.1, 0.15) is 11.1 Å². The van der Waals surface area contributed by atoms with Crippen molar-refractivity contribution >= 4 is 11.9 Å². The van der Waals surface area contributed by atoms with Crippen molar-refractivity contribution < 1.29 is 19.4 Å². The Morgan fingerprint density at radius 3 is 2.27 bits per heavy atom. The minimum absolute atomic E-state index is 0.0794. The summed E-state index contributed by atoms with van der Waals surface area (Å²) in [5.41, 5.74) is 2.52. The number of amides is 1. The summed E-state index contributed by atoms with van der Waals surface area (Å²) in [5, 5.41) is 9.49. The van der Waals surface area contributed by atoms with E-state index in [-0.39, 0.29) is 12.0 Å². The van der Waals surface area contributed by atoms with Gasteiger partial charge < -0.3 is 14.7 Å². The third-order valence-electron chi connectivity index (χ3n) is 5.68. The Balaban J connectivity index is 1.36. The SMILES string of the molecule is Cc1ccc(CN2CCN(C(=O)[C@H]3[C@@H](C(=O)O)[C@H]4C=C[C@@H]3O4)CC2)cc1. The van der Waals surface area contributed by atoms with Crippen molar-refractivity contribution in [3.05, 3.63) is 47.5 Å². The highest BCUT2D eigenvalue weighted by atomic mass is 16.5. The molecular formula is C20H24N2O4. The molecule has 0 aromatic heterocycles. The number of benzene rings is 1. The smallest absolute Gasteiger partial charge is 0.310 e. The van der Waals surface area contributed by atoms with E-state index in [1.165, 1.54) is 11.1 Å². The normalized spacial score (nSPS) is 30.7. The second-order valence-electron chi connectivity index (χ2n) is 7.43. The van der Waals surface area contributed by atoms with Gasteiger partial charge in [0.2, 0.25) is 5.91 Å². The lowest BCUT2D eigenvalue weighted by Gasteiger charge is -2.37. The van der Waals surface area contributed by atoms with Gasteiger partial charge in [-0.05, 0) is 12.5 Å². The number of carbonyl (C=O) groups is 2. The Morgan fingerprint density at radius 1 is 1.04 bits per heavy atom. The zero-order chi connectivity index (χ0) is 18.3. The van der Waals surface area contributed by atoms with E-state index in [4.69, 9.17) is 4.74 Å². The summed E-state index contributed by atoms with van der Waals surface area (Å²) >= 11 is 0. The first-order valence-electron chi connectivity index (χ1n) is 9.16. The van der Waals surface area contributed by atoms with Gasteiger partial charge >= 0.3 is 5.97 Å². The molecule has 0 spiro atoms. The fourth-order valence-corrected chi connectivity index (χ4v) is 4.19. The molecule has 6 nitrogen and oxygen atoms in total. The van der Waals surface area contributed by atoms with Crippen LogP contribution in [0.4, 0.5) is 0 Å². The van der Waals surface area contributed by atoms with E-state index < -0.39 is 23.9 Å². The summed E-state index contributed by atoms with van der Waals surface area (Å²) in [7, 11) is 0. The minimum atomic E-state index is -0.946. The van der Waals surface area contributed by atoms with Crippen molar-refractivity contribution in [1.29, 1.82) is 0 Å². The molecule has 26 heavy (non-hydrogen) atoms. The average molecular weight is 356 g/mol. The summed E-state index contributed by atoms with van der Waals surface area (Å²) in [4.78, 5) is 28.7. The minimum Gasteiger partial charge on any atom is -0.481 e. The van der Waals surface area contributed by atoms with E-state index in [0.29, 0.717) is 13.1 Å². The summed E-state index contributed by atoms with van der Waals surface area (Å²) < 4.78 is 5.63. The van der Waals surface area contributed by atoms with Crippen LogP contribution in [-0.2, 0) is 20.9 Å². The lowest BCUT2D eigenvalue weighted by atomic mass is 9.82. The molecule has 0 saturated carbocycles. The van der Waals surface area contributed by atoms with Crippen molar-refractivity contribution in [2.75, 3.05) is 26.2 Å². The Labute approximate surface area is 153 Å². The van der Waals surface area contributed by atoms with Gasteiger partial charge in [-0.2, -0.15) is 0 Å². The van der Waals surface area contributed by atoms with Crippen LogP contribution in [0.2, 0.25) is 0 Å². The summed E-state index contributed by atoms with van der Waals surface area (Å²) in [6.45, 7) is 5.82. The maximum atomic E-state index is 12.9. The van der Waals surface area contributed by atoms with Gasteiger partial charge in [0.15, 0.2) is 0 Å². The number of aliphatic carboxylic acids is 1. The highest BCUT2D eigenvalue weighted by molar-refractivity contribution is 5.87. The predicted octanol–water partition coefficient (Wildman–Crippen LogP) is 1.29. The second kappa shape index (κ2) is 6.85. The molecule has 1 aromatic carbocycles. The summed E-state index contributed by atoms with van der Waals surface area (Å²) in [6, 6.07) is 8.51. The standard InChI is InChI=1S/C20H24N2O4/c1-13-2-4-14(5-3-13)12-21-8-10-22(11-9-21)19(23)17-15-6-7-16(26-15)18(17)20(24)25/h2-7,15-18H,8-12H2,1H3,(H,24,25)/t15-,16+,17+,18-/m0/s1. The molecule has 4 rings (SSSR count). The van der Waals surface area contributed by atoms with Crippen molar-refractivity contribution in [3.8, 4) is 0 Å². The monoisotopic (exact) mass is 356 g/mol. The maximum absolute atomic E-state index is 12.9. The van der Waals surface area contributed by atoms with Gasteiger partial charge in [-0.15, -0.1) is 0 Å². The van der Waals surface area contributed by atoms with Crippen molar-refractivity contribution in [1.82, 2.24) is 9.80 Å². The molecule has 1 N–H and O–H groups in total.